The molecule has 0 saturated heterocycles. The first-order valence-corrected chi connectivity index (χ1v) is 11.5. The minimum absolute atomic E-state index is 0.359. The van der Waals surface area contributed by atoms with E-state index in [0.29, 0.717) is 18.2 Å². The predicted molar refractivity (Wildman–Crippen MR) is 121 cm³/mol. The first kappa shape index (κ1) is 23.4. The topological polar surface area (TPSA) is 88.1 Å². The fourth-order valence-electron chi connectivity index (χ4n) is 2.63. The van der Waals surface area contributed by atoms with Crippen molar-refractivity contribution in [2.75, 3.05) is 23.7 Å². The van der Waals surface area contributed by atoms with Crippen LogP contribution in [0.3, 0.4) is 0 Å². The third-order valence-electron chi connectivity index (χ3n) is 4.19. The highest BCUT2D eigenvalue weighted by atomic mass is 32.2. The molecule has 0 radical (unpaired) electrons. The fourth-order valence-corrected chi connectivity index (χ4v) is 3.53. The molecule has 0 aliphatic rings. The van der Waals surface area contributed by atoms with Gasteiger partial charge in [-0.3, -0.25) is 9.10 Å². The number of carbonyl (C=O) groups excluding carboxylic acids is 1. The van der Waals surface area contributed by atoms with E-state index in [9.17, 15) is 13.2 Å². The molecule has 0 aromatic heterocycles. The SMILES string of the molecule is Cc1ccc(C)c(N(CC(=O)N/N=C\c2ccc(OCC(C)C)cc2)S(C)(=O)=O)c1. The van der Waals surface area contributed by atoms with E-state index in [2.05, 4.69) is 24.4 Å². The Morgan fingerprint density at radius 1 is 1.17 bits per heavy atom. The largest absolute Gasteiger partial charge is 0.493 e. The molecule has 7 nitrogen and oxygen atoms in total. The van der Waals surface area contributed by atoms with Gasteiger partial charge < -0.3 is 4.74 Å². The molecule has 0 heterocycles. The van der Waals surface area contributed by atoms with Crippen molar-refractivity contribution in [1.29, 1.82) is 0 Å². The maximum atomic E-state index is 12.3. The van der Waals surface area contributed by atoms with E-state index >= 15 is 0 Å². The molecule has 0 fully saturated rings. The Morgan fingerprint density at radius 3 is 2.43 bits per heavy atom. The molecule has 2 aromatic rings. The van der Waals surface area contributed by atoms with Crippen LogP contribution in [0.1, 0.15) is 30.5 Å². The molecule has 0 atom stereocenters. The molecule has 30 heavy (non-hydrogen) atoms. The molecule has 162 valence electrons. The molecule has 8 heteroatoms. The van der Waals surface area contributed by atoms with Crippen LogP contribution in [0.2, 0.25) is 0 Å². The maximum Gasteiger partial charge on any atom is 0.260 e. The molecule has 2 rings (SSSR count). The van der Waals surface area contributed by atoms with Crippen LogP contribution in [0.25, 0.3) is 0 Å². The number of sulfonamides is 1. The van der Waals surface area contributed by atoms with Crippen molar-refractivity contribution in [3.63, 3.8) is 0 Å². The van der Waals surface area contributed by atoms with Crippen molar-refractivity contribution in [2.24, 2.45) is 11.0 Å². The summed E-state index contributed by atoms with van der Waals surface area (Å²) in [5.41, 5.74) is 5.32. The molecule has 0 spiro atoms. The number of nitrogens with one attached hydrogen (secondary N) is 1. The van der Waals surface area contributed by atoms with Gasteiger partial charge in [0, 0.05) is 0 Å². The molecule has 0 bridgehead atoms. The molecule has 1 amide bonds. The van der Waals surface area contributed by atoms with Crippen molar-refractivity contribution >= 4 is 27.8 Å². The highest BCUT2D eigenvalue weighted by Crippen LogP contribution is 2.23. The number of benzene rings is 2. The summed E-state index contributed by atoms with van der Waals surface area (Å²) in [7, 11) is -3.64. The predicted octanol–water partition coefficient (Wildman–Crippen LogP) is 3.25. The minimum atomic E-state index is -3.64. The Hall–Kier alpha value is -2.87. The van der Waals surface area contributed by atoms with E-state index in [1.807, 2.05) is 43.3 Å². The summed E-state index contributed by atoms with van der Waals surface area (Å²) in [6.45, 7) is 8.11. The third kappa shape index (κ3) is 7.18. The summed E-state index contributed by atoms with van der Waals surface area (Å²) in [6, 6.07) is 12.8. The van der Waals surface area contributed by atoms with E-state index in [1.165, 1.54) is 6.21 Å². The monoisotopic (exact) mass is 431 g/mol. The van der Waals surface area contributed by atoms with Crippen molar-refractivity contribution < 1.29 is 17.9 Å². The number of hydrazone groups is 1. The van der Waals surface area contributed by atoms with Gasteiger partial charge in [0.1, 0.15) is 12.3 Å². The second-order valence-electron chi connectivity index (χ2n) is 7.63. The van der Waals surface area contributed by atoms with Crippen LogP contribution in [-0.2, 0) is 14.8 Å². The van der Waals surface area contributed by atoms with Gasteiger partial charge in [-0.2, -0.15) is 5.10 Å². The standard InChI is InChI=1S/C22H29N3O4S/c1-16(2)15-29-20-10-8-19(9-11-20)13-23-24-22(26)14-25(30(5,27)28)21-12-17(3)6-7-18(21)4/h6-13,16H,14-15H2,1-5H3,(H,24,26)/b23-13-. The van der Waals surface area contributed by atoms with Gasteiger partial charge in [-0.05, 0) is 66.8 Å². The lowest BCUT2D eigenvalue weighted by molar-refractivity contribution is -0.119. The zero-order valence-corrected chi connectivity index (χ0v) is 18.9. The average molecular weight is 432 g/mol. The van der Waals surface area contributed by atoms with Crippen LogP contribution in [0, 0.1) is 19.8 Å². The molecular weight excluding hydrogens is 402 g/mol. The number of ether oxygens (including phenoxy) is 1. The number of hydrogen-bond acceptors (Lipinski definition) is 5. The summed E-state index contributed by atoms with van der Waals surface area (Å²) in [5, 5.41) is 3.93. The zero-order valence-electron chi connectivity index (χ0n) is 18.0. The Labute approximate surface area is 178 Å². The molecule has 2 aromatic carbocycles. The van der Waals surface area contributed by atoms with Crippen LogP contribution < -0.4 is 14.5 Å². The van der Waals surface area contributed by atoms with Crippen LogP contribution in [0.4, 0.5) is 5.69 Å². The fraction of sp³-hybridized carbons (Fsp3) is 0.364. The van der Waals surface area contributed by atoms with Crippen molar-refractivity contribution in [3.8, 4) is 5.75 Å². The highest BCUT2D eigenvalue weighted by Gasteiger charge is 2.22. The van der Waals surface area contributed by atoms with E-state index in [0.717, 1.165) is 33.0 Å². The number of anilines is 1. The molecule has 0 unspecified atom stereocenters. The number of rotatable bonds is 9. The van der Waals surface area contributed by atoms with Crippen LogP contribution in [0.15, 0.2) is 47.6 Å². The lowest BCUT2D eigenvalue weighted by Gasteiger charge is -2.23. The van der Waals surface area contributed by atoms with Gasteiger partial charge in [-0.15, -0.1) is 0 Å². The first-order valence-electron chi connectivity index (χ1n) is 9.66. The van der Waals surface area contributed by atoms with Gasteiger partial charge in [-0.25, -0.2) is 13.8 Å². The lowest BCUT2D eigenvalue weighted by Crippen LogP contribution is -2.39. The van der Waals surface area contributed by atoms with Crippen LogP contribution in [-0.4, -0.2) is 39.9 Å². The van der Waals surface area contributed by atoms with Gasteiger partial charge >= 0.3 is 0 Å². The smallest absolute Gasteiger partial charge is 0.260 e. The Morgan fingerprint density at radius 2 is 1.83 bits per heavy atom. The third-order valence-corrected chi connectivity index (χ3v) is 5.31. The number of hydrogen-bond donors (Lipinski definition) is 1. The van der Waals surface area contributed by atoms with Gasteiger partial charge in [0.15, 0.2) is 0 Å². The Bertz CT molecular complexity index is 1000. The van der Waals surface area contributed by atoms with E-state index < -0.39 is 15.9 Å². The summed E-state index contributed by atoms with van der Waals surface area (Å²) in [6.07, 6.45) is 2.57. The van der Waals surface area contributed by atoms with Gasteiger partial charge in [-0.1, -0.05) is 26.0 Å². The Kier molecular flexibility index (Phi) is 8.00. The van der Waals surface area contributed by atoms with Crippen LogP contribution in [0.5, 0.6) is 5.75 Å². The normalized spacial score (nSPS) is 11.7. The quantitative estimate of drug-likeness (QED) is 0.488. The lowest BCUT2D eigenvalue weighted by atomic mass is 10.1. The van der Waals surface area contributed by atoms with Crippen molar-refractivity contribution in [3.05, 3.63) is 59.2 Å². The maximum absolute atomic E-state index is 12.3. The van der Waals surface area contributed by atoms with Gasteiger partial charge in [0.05, 0.1) is 24.8 Å². The molecule has 1 N–H and O–H groups in total. The zero-order chi connectivity index (χ0) is 22.3. The van der Waals surface area contributed by atoms with Crippen molar-refractivity contribution in [1.82, 2.24) is 5.43 Å². The second-order valence-corrected chi connectivity index (χ2v) is 9.53. The number of aryl methyl sites for hydroxylation is 2. The van der Waals surface area contributed by atoms with E-state index in [1.54, 1.807) is 13.0 Å². The Balaban J connectivity index is 2.01. The summed E-state index contributed by atoms with van der Waals surface area (Å²) in [5.74, 6) is 0.674. The summed E-state index contributed by atoms with van der Waals surface area (Å²) < 4.78 is 31.2. The van der Waals surface area contributed by atoms with E-state index in [-0.39, 0.29) is 6.54 Å². The summed E-state index contributed by atoms with van der Waals surface area (Å²) >= 11 is 0. The minimum Gasteiger partial charge on any atom is -0.493 e. The van der Waals surface area contributed by atoms with Crippen LogP contribution >= 0.6 is 0 Å². The van der Waals surface area contributed by atoms with E-state index in [4.69, 9.17) is 4.74 Å². The molecular formula is C22H29N3O4S. The number of amides is 1. The molecule has 0 aliphatic carbocycles. The van der Waals surface area contributed by atoms with Gasteiger partial charge in [0.25, 0.3) is 5.91 Å². The highest BCUT2D eigenvalue weighted by molar-refractivity contribution is 7.92. The first-order chi connectivity index (χ1) is 14.1. The second kappa shape index (κ2) is 10.2. The van der Waals surface area contributed by atoms with Crippen molar-refractivity contribution in [2.45, 2.75) is 27.7 Å². The van der Waals surface area contributed by atoms with Gasteiger partial charge in [0.2, 0.25) is 10.0 Å². The number of nitrogens with zero attached hydrogens (tertiary/aromatic N) is 2. The summed E-state index contributed by atoms with van der Waals surface area (Å²) in [4.78, 5) is 12.3. The molecule has 0 aliphatic heterocycles. The number of carbonyl (C=O) groups is 1. The average Bonchev–Trinajstić information content (AvgIpc) is 2.66. The molecule has 0 saturated carbocycles.